The number of ether oxygens (including phenoxy) is 3. The first kappa shape index (κ1) is 18.4. The largest absolute Gasteiger partial charge is 0.466 e. The second-order valence-corrected chi connectivity index (χ2v) is 5.24. The van der Waals surface area contributed by atoms with Gasteiger partial charge in [0.1, 0.15) is 30.2 Å². The number of benzene rings is 1. The molecule has 132 valence electrons. The Balaban J connectivity index is 2.02. The van der Waals surface area contributed by atoms with Gasteiger partial charge in [-0.15, -0.1) is 0 Å². The van der Waals surface area contributed by atoms with Gasteiger partial charge >= 0.3 is 5.97 Å². The number of aliphatic hydroxyl groups is 4. The number of hydrogen-bond acceptors (Lipinski definition) is 8. The summed E-state index contributed by atoms with van der Waals surface area (Å²) in [6.07, 6.45) is -3.84. The maximum absolute atomic E-state index is 11.0. The fraction of sp³-hybridized carbons (Fsp3) is 0.438. The second kappa shape index (κ2) is 8.22. The lowest BCUT2D eigenvalue weighted by atomic mass is 9.99. The molecule has 1 aromatic rings. The first-order valence-corrected chi connectivity index (χ1v) is 7.29. The Morgan fingerprint density at radius 1 is 1.17 bits per heavy atom. The van der Waals surface area contributed by atoms with Crippen molar-refractivity contribution in [3.8, 4) is 5.75 Å². The molecule has 1 aliphatic heterocycles. The normalized spacial score (nSPS) is 30.3. The maximum Gasteiger partial charge on any atom is 0.330 e. The fourth-order valence-electron chi connectivity index (χ4n) is 2.19. The molecule has 8 heteroatoms. The van der Waals surface area contributed by atoms with Gasteiger partial charge in [0, 0.05) is 6.08 Å². The average Bonchev–Trinajstić information content (AvgIpc) is 2.61. The quantitative estimate of drug-likeness (QED) is 0.399. The third kappa shape index (κ3) is 4.31. The van der Waals surface area contributed by atoms with E-state index in [0.29, 0.717) is 5.75 Å². The van der Waals surface area contributed by atoms with Gasteiger partial charge in [0.25, 0.3) is 0 Å². The first-order valence-electron chi connectivity index (χ1n) is 7.29. The number of hydrogen-bond donors (Lipinski definition) is 4. The minimum atomic E-state index is -1.50. The highest BCUT2D eigenvalue weighted by Gasteiger charge is 2.44. The van der Waals surface area contributed by atoms with Gasteiger partial charge in [-0.25, -0.2) is 4.79 Å². The molecular weight excluding hydrogens is 320 g/mol. The summed E-state index contributed by atoms with van der Waals surface area (Å²) >= 11 is 0. The zero-order chi connectivity index (χ0) is 17.7. The van der Waals surface area contributed by atoms with E-state index in [4.69, 9.17) is 14.6 Å². The van der Waals surface area contributed by atoms with E-state index in [1.165, 1.54) is 13.2 Å². The van der Waals surface area contributed by atoms with E-state index in [-0.39, 0.29) is 0 Å². The van der Waals surface area contributed by atoms with E-state index in [2.05, 4.69) is 4.74 Å². The molecule has 0 radical (unpaired) electrons. The Morgan fingerprint density at radius 2 is 1.83 bits per heavy atom. The molecule has 4 N–H and O–H groups in total. The van der Waals surface area contributed by atoms with E-state index < -0.39 is 43.3 Å². The summed E-state index contributed by atoms with van der Waals surface area (Å²) in [5, 5.41) is 38.5. The van der Waals surface area contributed by atoms with E-state index in [0.717, 1.165) is 5.56 Å². The van der Waals surface area contributed by atoms with E-state index in [1.54, 1.807) is 30.3 Å². The monoisotopic (exact) mass is 340 g/mol. The fourth-order valence-corrected chi connectivity index (χ4v) is 2.19. The topological polar surface area (TPSA) is 126 Å². The van der Waals surface area contributed by atoms with Crippen molar-refractivity contribution in [3.63, 3.8) is 0 Å². The van der Waals surface area contributed by atoms with Crippen molar-refractivity contribution in [3.05, 3.63) is 35.9 Å². The Kier molecular flexibility index (Phi) is 6.29. The molecule has 24 heavy (non-hydrogen) atoms. The standard InChI is InChI=1S/C16H20O8/c1-22-12(18)7-4-9-2-5-10(6-3-9)23-16-15(21)14(20)13(19)11(8-17)24-16/h2-7,11,13-17,19-21H,8H2,1H3. The highest BCUT2D eigenvalue weighted by Crippen LogP contribution is 2.24. The smallest absolute Gasteiger partial charge is 0.330 e. The highest BCUT2D eigenvalue weighted by atomic mass is 16.7. The number of carbonyl (C=O) groups excluding carboxylic acids is 1. The zero-order valence-electron chi connectivity index (χ0n) is 13.0. The molecule has 1 fully saturated rings. The van der Waals surface area contributed by atoms with Crippen LogP contribution < -0.4 is 4.74 Å². The van der Waals surface area contributed by atoms with Crippen LogP contribution in [0.15, 0.2) is 30.3 Å². The SMILES string of the molecule is COC(=O)C=Cc1ccc(OC2OC(CO)C(O)C(O)C2O)cc1. The Bertz CT molecular complexity index is 568. The van der Waals surface area contributed by atoms with Gasteiger partial charge in [-0.05, 0) is 23.8 Å². The molecule has 0 aromatic heterocycles. The van der Waals surface area contributed by atoms with E-state index in [9.17, 15) is 20.1 Å². The van der Waals surface area contributed by atoms with Gasteiger partial charge in [0.2, 0.25) is 6.29 Å². The van der Waals surface area contributed by atoms with E-state index >= 15 is 0 Å². The molecule has 0 saturated carbocycles. The minimum absolute atomic E-state index is 0.342. The predicted octanol–water partition coefficient (Wildman–Crippen LogP) is -0.949. The molecule has 0 amide bonds. The van der Waals surface area contributed by atoms with Crippen LogP contribution in [0.25, 0.3) is 6.08 Å². The second-order valence-electron chi connectivity index (χ2n) is 5.24. The molecule has 5 atom stereocenters. The number of rotatable bonds is 5. The lowest BCUT2D eigenvalue weighted by Crippen LogP contribution is -2.60. The Labute approximate surface area is 138 Å². The number of aliphatic hydroxyl groups excluding tert-OH is 4. The molecule has 2 rings (SSSR count). The number of methoxy groups -OCH3 is 1. The third-order valence-corrected chi connectivity index (χ3v) is 3.59. The molecule has 1 aromatic carbocycles. The third-order valence-electron chi connectivity index (χ3n) is 3.59. The minimum Gasteiger partial charge on any atom is -0.466 e. The highest BCUT2D eigenvalue weighted by molar-refractivity contribution is 5.86. The van der Waals surface area contributed by atoms with Crippen molar-refractivity contribution < 1.29 is 39.4 Å². The summed E-state index contributed by atoms with van der Waals surface area (Å²) < 4.78 is 15.2. The molecule has 8 nitrogen and oxygen atoms in total. The molecule has 1 heterocycles. The molecule has 1 saturated heterocycles. The van der Waals surface area contributed by atoms with Crippen molar-refractivity contribution in [2.24, 2.45) is 0 Å². The van der Waals surface area contributed by atoms with Crippen molar-refractivity contribution in [1.82, 2.24) is 0 Å². The van der Waals surface area contributed by atoms with Crippen LogP contribution in [0, 0.1) is 0 Å². The van der Waals surface area contributed by atoms with Crippen molar-refractivity contribution in [2.45, 2.75) is 30.7 Å². The summed E-state index contributed by atoms with van der Waals surface area (Å²) in [5.74, 6) is -0.133. The van der Waals surface area contributed by atoms with Gasteiger partial charge < -0.3 is 34.6 Å². The van der Waals surface area contributed by atoms with Crippen LogP contribution >= 0.6 is 0 Å². The summed E-state index contributed by atoms with van der Waals surface area (Å²) in [6.45, 7) is -0.526. The predicted molar refractivity (Wildman–Crippen MR) is 81.9 cm³/mol. The maximum atomic E-state index is 11.0. The van der Waals surface area contributed by atoms with Crippen molar-refractivity contribution >= 4 is 12.0 Å². The van der Waals surface area contributed by atoms with Crippen molar-refractivity contribution in [1.29, 1.82) is 0 Å². The number of carbonyl (C=O) groups is 1. The van der Waals surface area contributed by atoms with Gasteiger partial charge in [-0.3, -0.25) is 0 Å². The lowest BCUT2D eigenvalue weighted by Gasteiger charge is -2.39. The molecule has 0 bridgehead atoms. The Morgan fingerprint density at radius 3 is 2.42 bits per heavy atom. The van der Waals surface area contributed by atoms with Crippen LogP contribution in [-0.2, 0) is 14.3 Å². The lowest BCUT2D eigenvalue weighted by molar-refractivity contribution is -0.277. The van der Waals surface area contributed by atoms with Gasteiger partial charge in [-0.2, -0.15) is 0 Å². The van der Waals surface area contributed by atoms with Gasteiger partial charge in [0.05, 0.1) is 13.7 Å². The van der Waals surface area contributed by atoms with Crippen LogP contribution in [0.4, 0.5) is 0 Å². The summed E-state index contributed by atoms with van der Waals surface area (Å²) in [6, 6.07) is 6.49. The van der Waals surface area contributed by atoms with Crippen molar-refractivity contribution in [2.75, 3.05) is 13.7 Å². The van der Waals surface area contributed by atoms with Crippen LogP contribution in [0.2, 0.25) is 0 Å². The zero-order valence-corrected chi connectivity index (χ0v) is 13.0. The van der Waals surface area contributed by atoms with Crippen LogP contribution in [0.3, 0.4) is 0 Å². The number of esters is 1. The van der Waals surface area contributed by atoms with Crippen LogP contribution in [0.1, 0.15) is 5.56 Å². The van der Waals surface area contributed by atoms with Crippen LogP contribution in [0.5, 0.6) is 5.75 Å². The Hall–Kier alpha value is -1.97. The summed E-state index contributed by atoms with van der Waals surface area (Å²) in [4.78, 5) is 11.0. The first-order chi connectivity index (χ1) is 11.5. The summed E-state index contributed by atoms with van der Waals surface area (Å²) in [5.41, 5.74) is 0.724. The molecule has 5 unspecified atom stereocenters. The molecular formula is C16H20O8. The van der Waals surface area contributed by atoms with Crippen LogP contribution in [-0.4, -0.2) is 70.8 Å². The molecule has 0 aliphatic carbocycles. The molecule has 1 aliphatic rings. The summed E-state index contributed by atoms with van der Waals surface area (Å²) in [7, 11) is 1.28. The molecule has 0 spiro atoms. The van der Waals surface area contributed by atoms with Gasteiger partial charge in [-0.1, -0.05) is 12.1 Å². The van der Waals surface area contributed by atoms with Gasteiger partial charge in [0.15, 0.2) is 0 Å². The van der Waals surface area contributed by atoms with E-state index in [1.807, 2.05) is 0 Å². The average molecular weight is 340 g/mol.